The van der Waals surface area contributed by atoms with E-state index in [0.29, 0.717) is 13.0 Å². The molecule has 0 amide bonds. The van der Waals surface area contributed by atoms with Crippen LogP contribution in [0.4, 0.5) is 5.69 Å². The van der Waals surface area contributed by atoms with Crippen molar-refractivity contribution in [1.82, 2.24) is 0 Å². The molecule has 3 heteroatoms. The lowest BCUT2D eigenvalue weighted by molar-refractivity contribution is -0.143. The van der Waals surface area contributed by atoms with E-state index in [0.717, 1.165) is 37.8 Å². The molecule has 0 fully saturated rings. The molecule has 0 saturated heterocycles. The molecule has 100 valence electrons. The monoisotopic (exact) mass is 249 g/mol. The number of nitrogens with two attached hydrogens (primary N) is 1. The van der Waals surface area contributed by atoms with Gasteiger partial charge in [0.2, 0.25) is 0 Å². The van der Waals surface area contributed by atoms with Crippen LogP contribution in [-0.2, 0) is 16.0 Å². The topological polar surface area (TPSA) is 52.3 Å². The van der Waals surface area contributed by atoms with Crippen LogP contribution in [0.2, 0.25) is 0 Å². The third-order valence-electron chi connectivity index (χ3n) is 2.85. The van der Waals surface area contributed by atoms with Crippen LogP contribution >= 0.6 is 0 Å². The lowest BCUT2D eigenvalue weighted by Gasteiger charge is -2.03. The lowest BCUT2D eigenvalue weighted by Crippen LogP contribution is -2.03. The maximum Gasteiger partial charge on any atom is 0.305 e. The zero-order valence-electron chi connectivity index (χ0n) is 11.2. The molecule has 1 rings (SSSR count). The predicted octanol–water partition coefficient (Wildman–Crippen LogP) is 3.32. The molecule has 0 bridgehead atoms. The predicted molar refractivity (Wildman–Crippen MR) is 74.3 cm³/mol. The number of ether oxygens (including phenoxy) is 1. The molecular formula is C15H23NO2. The Balaban J connectivity index is 2.04. The van der Waals surface area contributed by atoms with Gasteiger partial charge < -0.3 is 10.5 Å². The Labute approximate surface area is 109 Å². The van der Waals surface area contributed by atoms with Crippen LogP contribution < -0.4 is 5.73 Å². The van der Waals surface area contributed by atoms with Gasteiger partial charge in [0.1, 0.15) is 0 Å². The maximum atomic E-state index is 11.1. The Kier molecular flexibility index (Phi) is 6.92. The zero-order chi connectivity index (χ0) is 13.2. The Morgan fingerprint density at radius 2 is 2.00 bits per heavy atom. The van der Waals surface area contributed by atoms with Crippen LogP contribution in [0.3, 0.4) is 0 Å². The number of carbonyl (C=O) groups excluding carboxylic acids is 1. The van der Waals surface area contributed by atoms with Crippen LogP contribution in [-0.4, -0.2) is 12.6 Å². The van der Waals surface area contributed by atoms with Gasteiger partial charge in [-0.15, -0.1) is 0 Å². The van der Waals surface area contributed by atoms with Gasteiger partial charge in [0, 0.05) is 12.1 Å². The molecule has 0 heterocycles. The Morgan fingerprint density at radius 1 is 1.22 bits per heavy atom. The van der Waals surface area contributed by atoms with Gasteiger partial charge in [0.25, 0.3) is 0 Å². The van der Waals surface area contributed by atoms with Crippen LogP contribution in [0.1, 0.15) is 44.6 Å². The number of hydrogen-bond acceptors (Lipinski definition) is 3. The van der Waals surface area contributed by atoms with Crippen molar-refractivity contribution < 1.29 is 9.53 Å². The smallest absolute Gasteiger partial charge is 0.305 e. The van der Waals surface area contributed by atoms with Crippen LogP contribution in [0.15, 0.2) is 24.3 Å². The van der Waals surface area contributed by atoms with Gasteiger partial charge in [-0.2, -0.15) is 0 Å². The average Bonchev–Trinajstić information content (AvgIpc) is 2.34. The highest BCUT2D eigenvalue weighted by molar-refractivity contribution is 5.69. The Morgan fingerprint density at radius 3 is 2.72 bits per heavy atom. The molecule has 0 spiro atoms. The first-order chi connectivity index (χ1) is 8.72. The molecule has 1 aromatic carbocycles. The molecule has 1 aromatic rings. The van der Waals surface area contributed by atoms with Gasteiger partial charge >= 0.3 is 5.97 Å². The largest absolute Gasteiger partial charge is 0.466 e. The van der Waals surface area contributed by atoms with E-state index in [-0.39, 0.29) is 5.97 Å². The minimum atomic E-state index is -0.0756. The van der Waals surface area contributed by atoms with Gasteiger partial charge in [0.15, 0.2) is 0 Å². The third-order valence-corrected chi connectivity index (χ3v) is 2.85. The number of esters is 1. The van der Waals surface area contributed by atoms with Crippen molar-refractivity contribution in [2.75, 3.05) is 12.3 Å². The van der Waals surface area contributed by atoms with E-state index in [1.165, 1.54) is 5.56 Å². The van der Waals surface area contributed by atoms with Gasteiger partial charge in [-0.3, -0.25) is 4.79 Å². The Hall–Kier alpha value is -1.51. The number of carbonyl (C=O) groups is 1. The molecule has 0 saturated carbocycles. The van der Waals surface area contributed by atoms with Crippen molar-refractivity contribution in [3.05, 3.63) is 29.8 Å². The molecule has 0 aliphatic rings. The summed E-state index contributed by atoms with van der Waals surface area (Å²) in [5.41, 5.74) is 7.84. The van der Waals surface area contributed by atoms with E-state index >= 15 is 0 Å². The molecule has 0 atom stereocenters. The van der Waals surface area contributed by atoms with Crippen molar-refractivity contribution in [3.63, 3.8) is 0 Å². The number of rotatable bonds is 8. The summed E-state index contributed by atoms with van der Waals surface area (Å²) in [6.45, 7) is 2.32. The second-order valence-corrected chi connectivity index (χ2v) is 4.46. The summed E-state index contributed by atoms with van der Waals surface area (Å²) in [4.78, 5) is 11.1. The molecular weight excluding hydrogens is 226 g/mol. The van der Waals surface area contributed by atoms with E-state index < -0.39 is 0 Å². The molecule has 0 aliphatic carbocycles. The van der Waals surface area contributed by atoms with Crippen molar-refractivity contribution >= 4 is 11.7 Å². The molecule has 0 aromatic heterocycles. The zero-order valence-corrected chi connectivity index (χ0v) is 11.2. The summed E-state index contributed by atoms with van der Waals surface area (Å²) in [6, 6.07) is 8.03. The molecule has 3 nitrogen and oxygen atoms in total. The van der Waals surface area contributed by atoms with Crippen LogP contribution in [0.25, 0.3) is 0 Å². The quantitative estimate of drug-likeness (QED) is 0.437. The molecule has 2 N–H and O–H groups in total. The normalized spacial score (nSPS) is 10.3. The molecule has 18 heavy (non-hydrogen) atoms. The van der Waals surface area contributed by atoms with E-state index in [2.05, 4.69) is 6.07 Å². The Bertz CT molecular complexity index is 363. The van der Waals surface area contributed by atoms with Gasteiger partial charge in [0.05, 0.1) is 6.61 Å². The molecule has 0 radical (unpaired) electrons. The standard InChI is InChI=1S/C15H23NO2/c1-2-18-15(17)11-6-4-3-5-8-13-9-7-10-14(16)12-13/h7,9-10,12H,2-6,8,11,16H2,1H3. The molecule has 0 unspecified atom stereocenters. The van der Waals surface area contributed by atoms with Gasteiger partial charge in [-0.05, 0) is 43.9 Å². The lowest BCUT2D eigenvalue weighted by atomic mass is 10.1. The number of nitrogen functional groups attached to an aromatic ring is 1. The first kappa shape index (κ1) is 14.6. The second kappa shape index (κ2) is 8.56. The first-order valence-electron chi connectivity index (χ1n) is 6.72. The second-order valence-electron chi connectivity index (χ2n) is 4.46. The fourth-order valence-electron chi connectivity index (χ4n) is 1.93. The fraction of sp³-hybridized carbons (Fsp3) is 0.533. The van der Waals surface area contributed by atoms with E-state index in [9.17, 15) is 4.79 Å². The number of aryl methyl sites for hydroxylation is 1. The van der Waals surface area contributed by atoms with Crippen LogP contribution in [0.5, 0.6) is 0 Å². The highest BCUT2D eigenvalue weighted by atomic mass is 16.5. The number of benzene rings is 1. The van der Waals surface area contributed by atoms with Crippen molar-refractivity contribution in [2.24, 2.45) is 0 Å². The van der Waals surface area contributed by atoms with E-state index in [1.807, 2.05) is 25.1 Å². The van der Waals surface area contributed by atoms with E-state index in [4.69, 9.17) is 10.5 Å². The fourth-order valence-corrected chi connectivity index (χ4v) is 1.93. The maximum absolute atomic E-state index is 11.1. The summed E-state index contributed by atoms with van der Waals surface area (Å²) < 4.78 is 4.88. The summed E-state index contributed by atoms with van der Waals surface area (Å²) in [5.74, 6) is -0.0756. The van der Waals surface area contributed by atoms with Crippen molar-refractivity contribution in [2.45, 2.75) is 45.4 Å². The average molecular weight is 249 g/mol. The summed E-state index contributed by atoms with van der Waals surface area (Å²) in [5, 5.41) is 0. The van der Waals surface area contributed by atoms with Crippen LogP contribution in [0, 0.1) is 0 Å². The van der Waals surface area contributed by atoms with Gasteiger partial charge in [-0.25, -0.2) is 0 Å². The third kappa shape index (κ3) is 6.28. The highest BCUT2D eigenvalue weighted by Gasteiger charge is 2.00. The minimum Gasteiger partial charge on any atom is -0.466 e. The number of anilines is 1. The number of unbranched alkanes of at least 4 members (excludes halogenated alkanes) is 3. The van der Waals surface area contributed by atoms with Gasteiger partial charge in [-0.1, -0.05) is 25.0 Å². The summed E-state index contributed by atoms with van der Waals surface area (Å²) in [7, 11) is 0. The van der Waals surface area contributed by atoms with Crippen molar-refractivity contribution in [3.8, 4) is 0 Å². The van der Waals surface area contributed by atoms with E-state index in [1.54, 1.807) is 0 Å². The summed E-state index contributed by atoms with van der Waals surface area (Å²) in [6.07, 6.45) is 5.91. The molecule has 0 aliphatic heterocycles. The highest BCUT2D eigenvalue weighted by Crippen LogP contribution is 2.12. The summed E-state index contributed by atoms with van der Waals surface area (Å²) >= 11 is 0. The number of hydrogen-bond donors (Lipinski definition) is 1. The van der Waals surface area contributed by atoms with Crippen molar-refractivity contribution in [1.29, 1.82) is 0 Å². The minimum absolute atomic E-state index is 0.0756. The SMILES string of the molecule is CCOC(=O)CCCCCCc1cccc(N)c1. The first-order valence-corrected chi connectivity index (χ1v) is 6.72.